The van der Waals surface area contributed by atoms with Gasteiger partial charge in [-0.1, -0.05) is 5.16 Å². The molecule has 0 radical (unpaired) electrons. The third kappa shape index (κ3) is 3.79. The number of ether oxygens (including phenoxy) is 2. The normalized spacial score (nSPS) is 26.4. The molecule has 0 bridgehead atoms. The molecule has 0 aromatic rings. The quantitative estimate of drug-likeness (QED) is 0.275. The van der Waals surface area contributed by atoms with Crippen molar-refractivity contribution in [2.24, 2.45) is 10.9 Å². The van der Waals surface area contributed by atoms with Crippen LogP contribution in [0.4, 0.5) is 0 Å². The van der Waals surface area contributed by atoms with Crippen molar-refractivity contribution in [2.45, 2.75) is 6.10 Å². The molecule has 108 valence electrons. The van der Waals surface area contributed by atoms with Crippen LogP contribution in [0.5, 0.6) is 0 Å². The van der Waals surface area contributed by atoms with Gasteiger partial charge in [-0.2, -0.15) is 0 Å². The number of nitrogens with zero attached hydrogens (tertiary/aromatic N) is 3. The second kappa shape index (κ2) is 6.69. The summed E-state index contributed by atoms with van der Waals surface area (Å²) in [5, 5.41) is 11.5. The number of hydrogen-bond donors (Lipinski definition) is 2. The van der Waals surface area contributed by atoms with Crippen LogP contribution in [0.2, 0.25) is 0 Å². The van der Waals surface area contributed by atoms with Crippen molar-refractivity contribution in [1.29, 1.82) is 0 Å². The molecule has 0 saturated carbocycles. The Hall–Kier alpha value is -1.38. The minimum absolute atomic E-state index is 0.0110. The first-order chi connectivity index (χ1) is 9.20. The number of amidine groups is 1. The van der Waals surface area contributed by atoms with Gasteiger partial charge in [0.1, 0.15) is 0 Å². The standard InChI is InChI=1S/C11H20N4O4/c12-10(13-17)7-14-1-3-15(4-2-14)11(16)9-8-18-5-6-19-9/h9,17H,1-8H2,(H2,12,13). The summed E-state index contributed by atoms with van der Waals surface area (Å²) >= 11 is 0. The number of nitrogens with two attached hydrogens (primary N) is 1. The van der Waals surface area contributed by atoms with E-state index in [-0.39, 0.29) is 11.7 Å². The van der Waals surface area contributed by atoms with Gasteiger partial charge in [0.15, 0.2) is 11.9 Å². The van der Waals surface area contributed by atoms with Gasteiger partial charge in [0, 0.05) is 26.2 Å². The van der Waals surface area contributed by atoms with E-state index in [0.717, 1.165) is 0 Å². The van der Waals surface area contributed by atoms with E-state index in [1.807, 2.05) is 4.90 Å². The van der Waals surface area contributed by atoms with Gasteiger partial charge in [-0.3, -0.25) is 9.69 Å². The maximum atomic E-state index is 12.2. The molecule has 3 N–H and O–H groups in total. The van der Waals surface area contributed by atoms with Crippen LogP contribution < -0.4 is 5.73 Å². The third-order valence-corrected chi connectivity index (χ3v) is 3.29. The minimum atomic E-state index is -0.468. The van der Waals surface area contributed by atoms with Gasteiger partial charge >= 0.3 is 0 Å². The van der Waals surface area contributed by atoms with E-state index in [1.54, 1.807) is 4.90 Å². The highest BCUT2D eigenvalue weighted by molar-refractivity contribution is 5.82. The Kier molecular flexibility index (Phi) is 4.94. The number of piperazine rings is 1. The van der Waals surface area contributed by atoms with E-state index < -0.39 is 6.10 Å². The number of oxime groups is 1. The molecule has 1 atom stereocenters. The fourth-order valence-electron chi connectivity index (χ4n) is 2.22. The zero-order valence-electron chi connectivity index (χ0n) is 10.8. The maximum Gasteiger partial charge on any atom is 0.254 e. The molecular formula is C11H20N4O4. The van der Waals surface area contributed by atoms with Crippen LogP contribution in [-0.2, 0) is 14.3 Å². The van der Waals surface area contributed by atoms with Crippen LogP contribution in [0.3, 0.4) is 0 Å². The zero-order chi connectivity index (χ0) is 13.7. The first kappa shape index (κ1) is 14.0. The lowest BCUT2D eigenvalue weighted by atomic mass is 10.2. The number of amides is 1. The number of rotatable bonds is 3. The summed E-state index contributed by atoms with van der Waals surface area (Å²) in [5.41, 5.74) is 5.46. The van der Waals surface area contributed by atoms with Gasteiger partial charge < -0.3 is 25.3 Å². The van der Waals surface area contributed by atoms with Crippen molar-refractivity contribution < 1.29 is 19.5 Å². The fraction of sp³-hybridized carbons (Fsp3) is 0.818. The summed E-state index contributed by atoms with van der Waals surface area (Å²) in [4.78, 5) is 16.0. The monoisotopic (exact) mass is 272 g/mol. The topological polar surface area (TPSA) is 101 Å². The maximum absolute atomic E-state index is 12.2. The van der Waals surface area contributed by atoms with Crippen molar-refractivity contribution in [3.8, 4) is 0 Å². The SMILES string of the molecule is NC(CN1CCN(C(=O)C2COCCO2)CC1)=NO. The van der Waals surface area contributed by atoms with Crippen LogP contribution in [-0.4, -0.2) is 85.4 Å². The average Bonchev–Trinajstić information content (AvgIpc) is 2.48. The molecular weight excluding hydrogens is 252 g/mol. The molecule has 0 spiro atoms. The highest BCUT2D eigenvalue weighted by Crippen LogP contribution is 2.08. The fourth-order valence-corrected chi connectivity index (χ4v) is 2.22. The van der Waals surface area contributed by atoms with Gasteiger partial charge in [0.05, 0.1) is 26.4 Å². The summed E-state index contributed by atoms with van der Waals surface area (Å²) in [6.07, 6.45) is -0.468. The van der Waals surface area contributed by atoms with E-state index in [4.69, 9.17) is 20.4 Å². The molecule has 2 heterocycles. The van der Waals surface area contributed by atoms with E-state index in [0.29, 0.717) is 52.5 Å². The first-order valence-electron chi connectivity index (χ1n) is 6.37. The number of carbonyl (C=O) groups is 1. The molecule has 2 fully saturated rings. The summed E-state index contributed by atoms with van der Waals surface area (Å²) in [6, 6.07) is 0. The predicted octanol–water partition coefficient (Wildman–Crippen LogP) is -1.71. The summed E-state index contributed by atoms with van der Waals surface area (Å²) in [7, 11) is 0. The molecule has 8 nitrogen and oxygen atoms in total. The Balaban J connectivity index is 1.77. The van der Waals surface area contributed by atoms with Crippen molar-refractivity contribution in [3.05, 3.63) is 0 Å². The van der Waals surface area contributed by atoms with Gasteiger partial charge in [-0.25, -0.2) is 0 Å². The van der Waals surface area contributed by atoms with E-state index >= 15 is 0 Å². The lowest BCUT2D eigenvalue weighted by molar-refractivity contribution is -0.159. The van der Waals surface area contributed by atoms with Crippen molar-refractivity contribution in [2.75, 3.05) is 52.5 Å². The summed E-state index contributed by atoms with van der Waals surface area (Å²) in [5.74, 6) is 0.173. The Morgan fingerprint density at radius 2 is 2.05 bits per heavy atom. The molecule has 1 unspecified atom stereocenters. The lowest BCUT2D eigenvalue weighted by Crippen LogP contribution is -2.54. The van der Waals surface area contributed by atoms with Gasteiger partial charge in [0.2, 0.25) is 0 Å². The van der Waals surface area contributed by atoms with Gasteiger partial charge in [0.25, 0.3) is 5.91 Å². The number of carbonyl (C=O) groups excluding carboxylic acids is 1. The number of hydrogen-bond acceptors (Lipinski definition) is 6. The highest BCUT2D eigenvalue weighted by Gasteiger charge is 2.29. The van der Waals surface area contributed by atoms with Gasteiger partial charge in [-0.05, 0) is 0 Å². The molecule has 8 heteroatoms. The lowest BCUT2D eigenvalue weighted by Gasteiger charge is -2.36. The molecule has 2 saturated heterocycles. The van der Waals surface area contributed by atoms with E-state index in [1.165, 1.54) is 0 Å². The Labute approximate surface area is 111 Å². The van der Waals surface area contributed by atoms with Crippen LogP contribution in [0, 0.1) is 0 Å². The second-order valence-electron chi connectivity index (χ2n) is 4.63. The molecule has 0 aromatic carbocycles. The molecule has 0 aliphatic carbocycles. The second-order valence-corrected chi connectivity index (χ2v) is 4.63. The summed E-state index contributed by atoms with van der Waals surface area (Å²) < 4.78 is 10.6. The largest absolute Gasteiger partial charge is 0.409 e. The van der Waals surface area contributed by atoms with Crippen LogP contribution in [0.1, 0.15) is 0 Å². The summed E-state index contributed by atoms with van der Waals surface area (Å²) in [6.45, 7) is 4.43. The van der Waals surface area contributed by atoms with Gasteiger partial charge in [-0.15, -0.1) is 0 Å². The van der Waals surface area contributed by atoms with Crippen molar-refractivity contribution >= 4 is 11.7 Å². The Bertz CT molecular complexity index is 336. The molecule has 2 aliphatic rings. The van der Waals surface area contributed by atoms with Crippen molar-refractivity contribution in [3.63, 3.8) is 0 Å². The molecule has 1 amide bonds. The first-order valence-corrected chi connectivity index (χ1v) is 6.37. The minimum Gasteiger partial charge on any atom is -0.409 e. The van der Waals surface area contributed by atoms with Crippen LogP contribution >= 0.6 is 0 Å². The third-order valence-electron chi connectivity index (χ3n) is 3.29. The van der Waals surface area contributed by atoms with Crippen LogP contribution in [0.25, 0.3) is 0 Å². The van der Waals surface area contributed by atoms with E-state index in [2.05, 4.69) is 5.16 Å². The van der Waals surface area contributed by atoms with E-state index in [9.17, 15) is 4.79 Å². The Morgan fingerprint density at radius 1 is 1.32 bits per heavy atom. The molecule has 2 rings (SSSR count). The molecule has 2 aliphatic heterocycles. The zero-order valence-corrected chi connectivity index (χ0v) is 10.8. The molecule has 19 heavy (non-hydrogen) atoms. The highest BCUT2D eigenvalue weighted by atomic mass is 16.6. The Morgan fingerprint density at radius 3 is 2.63 bits per heavy atom. The van der Waals surface area contributed by atoms with Crippen molar-refractivity contribution in [1.82, 2.24) is 9.80 Å². The predicted molar refractivity (Wildman–Crippen MR) is 67.0 cm³/mol. The smallest absolute Gasteiger partial charge is 0.254 e. The molecule has 0 aromatic heterocycles. The van der Waals surface area contributed by atoms with Crippen LogP contribution in [0.15, 0.2) is 5.16 Å². The average molecular weight is 272 g/mol.